The molecule has 1 amide bonds. The van der Waals surface area contributed by atoms with E-state index in [1.807, 2.05) is 4.90 Å². The lowest BCUT2D eigenvalue weighted by molar-refractivity contribution is 0.0777. The topological polar surface area (TPSA) is 32.8 Å². The maximum atomic E-state index is 12.8. The highest BCUT2D eigenvalue weighted by Crippen LogP contribution is 2.35. The van der Waals surface area contributed by atoms with Crippen molar-refractivity contribution in [2.75, 3.05) is 33.3 Å². The van der Waals surface area contributed by atoms with Gasteiger partial charge in [0, 0.05) is 19.1 Å². The third-order valence-electron chi connectivity index (χ3n) is 4.58. The molecule has 2 fully saturated rings. The molecule has 0 bridgehead atoms. The molecule has 0 saturated carbocycles. The van der Waals surface area contributed by atoms with Gasteiger partial charge in [0.15, 0.2) is 5.75 Å². The zero-order valence-electron chi connectivity index (χ0n) is 12.6. The van der Waals surface area contributed by atoms with Crippen LogP contribution in [0, 0.1) is 0 Å². The molecule has 0 radical (unpaired) electrons. The largest absolute Gasteiger partial charge is 0.494 e. The monoisotopic (exact) mass is 342 g/mol. The van der Waals surface area contributed by atoms with Crippen LogP contribution in [0.4, 0.5) is 0 Å². The van der Waals surface area contributed by atoms with Crippen LogP contribution in [-0.2, 0) is 0 Å². The van der Waals surface area contributed by atoms with Gasteiger partial charge in [0.1, 0.15) is 5.56 Å². The van der Waals surface area contributed by atoms with Gasteiger partial charge >= 0.3 is 0 Å². The van der Waals surface area contributed by atoms with Crippen LogP contribution in [-0.4, -0.2) is 55.0 Å². The lowest BCUT2D eigenvalue weighted by Gasteiger charge is -2.24. The summed E-state index contributed by atoms with van der Waals surface area (Å²) in [7, 11) is 1.51. The van der Waals surface area contributed by atoms with Gasteiger partial charge in [0.05, 0.1) is 17.2 Å². The van der Waals surface area contributed by atoms with Crippen molar-refractivity contribution >= 4 is 29.1 Å². The Bertz CT molecular complexity index is 574. The van der Waals surface area contributed by atoms with E-state index < -0.39 is 0 Å². The summed E-state index contributed by atoms with van der Waals surface area (Å²) in [4.78, 5) is 17.2. The van der Waals surface area contributed by atoms with Crippen LogP contribution in [0.1, 0.15) is 29.6 Å². The molecule has 3 rings (SSSR count). The van der Waals surface area contributed by atoms with Crippen molar-refractivity contribution in [3.63, 3.8) is 0 Å². The maximum absolute atomic E-state index is 12.8. The van der Waals surface area contributed by atoms with Gasteiger partial charge < -0.3 is 9.64 Å². The average Bonchev–Trinajstić information content (AvgIpc) is 3.19. The molecule has 1 aromatic rings. The first-order valence-corrected chi connectivity index (χ1v) is 8.42. The SMILES string of the molecule is COc1c(Cl)ccc(Cl)c1C(=O)N1CCC(N2CCCC2)C1. The maximum Gasteiger partial charge on any atom is 0.259 e. The predicted octanol–water partition coefficient (Wildman–Crippen LogP) is 3.31. The van der Waals surface area contributed by atoms with Crippen LogP contribution in [0.15, 0.2) is 12.1 Å². The van der Waals surface area contributed by atoms with Crippen LogP contribution in [0.3, 0.4) is 0 Å². The molecule has 6 heteroatoms. The molecule has 22 heavy (non-hydrogen) atoms. The highest BCUT2D eigenvalue weighted by molar-refractivity contribution is 6.37. The molecule has 1 unspecified atom stereocenters. The van der Waals surface area contributed by atoms with Gasteiger partial charge in [-0.1, -0.05) is 23.2 Å². The van der Waals surface area contributed by atoms with Gasteiger partial charge in [-0.2, -0.15) is 0 Å². The Kier molecular flexibility index (Phi) is 4.81. The molecular formula is C16H20Cl2N2O2. The molecule has 4 nitrogen and oxygen atoms in total. The summed E-state index contributed by atoms with van der Waals surface area (Å²) in [5, 5.41) is 0.793. The van der Waals surface area contributed by atoms with Crippen LogP contribution in [0.5, 0.6) is 5.75 Å². The second-order valence-corrected chi connectivity index (χ2v) is 6.69. The summed E-state index contributed by atoms with van der Waals surface area (Å²) in [5.74, 6) is 0.273. The van der Waals surface area contributed by atoms with E-state index in [1.54, 1.807) is 12.1 Å². The van der Waals surface area contributed by atoms with Gasteiger partial charge in [-0.05, 0) is 44.5 Å². The van der Waals surface area contributed by atoms with Crippen molar-refractivity contribution in [1.82, 2.24) is 9.80 Å². The molecular weight excluding hydrogens is 323 g/mol. The minimum Gasteiger partial charge on any atom is -0.494 e. The molecule has 120 valence electrons. The number of hydrogen-bond donors (Lipinski definition) is 0. The molecule has 0 N–H and O–H groups in total. The van der Waals surface area contributed by atoms with Gasteiger partial charge in [0.25, 0.3) is 5.91 Å². The average molecular weight is 343 g/mol. The standard InChI is InChI=1S/C16H20Cl2N2O2/c1-22-15-13(18)5-4-12(17)14(15)16(21)20-9-6-11(10-20)19-7-2-3-8-19/h4-5,11H,2-3,6-10H2,1H3. The number of rotatable bonds is 3. The van der Waals surface area contributed by atoms with Gasteiger partial charge in [0.2, 0.25) is 0 Å². The van der Waals surface area contributed by atoms with Crippen molar-refractivity contribution in [2.24, 2.45) is 0 Å². The Morgan fingerprint density at radius 1 is 1.18 bits per heavy atom. The zero-order chi connectivity index (χ0) is 15.7. The third-order valence-corrected chi connectivity index (χ3v) is 5.20. The van der Waals surface area contributed by atoms with E-state index >= 15 is 0 Å². The van der Waals surface area contributed by atoms with E-state index in [0.29, 0.717) is 27.4 Å². The fraction of sp³-hybridized carbons (Fsp3) is 0.562. The van der Waals surface area contributed by atoms with E-state index in [4.69, 9.17) is 27.9 Å². The Morgan fingerprint density at radius 3 is 2.55 bits per heavy atom. The Balaban J connectivity index is 1.79. The number of methoxy groups -OCH3 is 1. The van der Waals surface area contributed by atoms with Gasteiger partial charge in [-0.25, -0.2) is 0 Å². The summed E-state index contributed by atoms with van der Waals surface area (Å²) in [5.41, 5.74) is 0.374. The number of carbonyl (C=O) groups excluding carboxylic acids is 1. The van der Waals surface area contributed by atoms with Crippen LogP contribution < -0.4 is 4.74 Å². The smallest absolute Gasteiger partial charge is 0.259 e. The van der Waals surface area contributed by atoms with Crippen LogP contribution >= 0.6 is 23.2 Å². The number of halogens is 2. The summed E-state index contributed by atoms with van der Waals surface area (Å²) >= 11 is 12.3. The molecule has 0 spiro atoms. The number of likely N-dealkylation sites (tertiary alicyclic amines) is 2. The number of carbonyl (C=O) groups is 1. The zero-order valence-corrected chi connectivity index (χ0v) is 14.2. The lowest BCUT2D eigenvalue weighted by atomic mass is 10.1. The van der Waals surface area contributed by atoms with Crippen LogP contribution in [0.25, 0.3) is 0 Å². The predicted molar refractivity (Wildman–Crippen MR) is 88.1 cm³/mol. The van der Waals surface area contributed by atoms with E-state index in [2.05, 4.69) is 4.90 Å². The lowest BCUT2D eigenvalue weighted by Crippen LogP contribution is -2.37. The normalized spacial score (nSPS) is 22.3. The van der Waals surface area contributed by atoms with E-state index in [9.17, 15) is 4.79 Å². The fourth-order valence-corrected chi connectivity index (χ4v) is 3.89. The van der Waals surface area contributed by atoms with E-state index in [1.165, 1.54) is 20.0 Å². The summed E-state index contributed by atoms with van der Waals surface area (Å²) in [6.07, 6.45) is 3.54. The molecule has 0 aliphatic carbocycles. The molecule has 1 aromatic carbocycles. The number of benzene rings is 1. The highest BCUT2D eigenvalue weighted by Gasteiger charge is 2.34. The first-order valence-electron chi connectivity index (χ1n) is 7.67. The van der Waals surface area contributed by atoms with Gasteiger partial charge in [-0.3, -0.25) is 9.69 Å². The minimum absolute atomic E-state index is 0.0916. The van der Waals surface area contributed by atoms with Crippen molar-refractivity contribution in [3.05, 3.63) is 27.7 Å². The number of ether oxygens (including phenoxy) is 1. The Morgan fingerprint density at radius 2 is 1.86 bits per heavy atom. The minimum atomic E-state index is -0.0916. The molecule has 2 aliphatic heterocycles. The Hall–Kier alpha value is -0.970. The number of amides is 1. The fourth-order valence-electron chi connectivity index (χ4n) is 3.42. The number of nitrogens with zero attached hydrogens (tertiary/aromatic N) is 2. The van der Waals surface area contributed by atoms with Crippen LogP contribution in [0.2, 0.25) is 10.0 Å². The van der Waals surface area contributed by atoms with Gasteiger partial charge in [-0.15, -0.1) is 0 Å². The van der Waals surface area contributed by atoms with E-state index in [0.717, 1.165) is 32.6 Å². The molecule has 2 saturated heterocycles. The Labute approximate surface area is 140 Å². The number of hydrogen-bond acceptors (Lipinski definition) is 3. The molecule has 0 aromatic heterocycles. The second-order valence-electron chi connectivity index (χ2n) is 5.87. The molecule has 2 aliphatic rings. The van der Waals surface area contributed by atoms with Crippen molar-refractivity contribution in [3.8, 4) is 5.75 Å². The quantitative estimate of drug-likeness (QED) is 0.844. The second kappa shape index (κ2) is 6.65. The first-order chi connectivity index (χ1) is 10.6. The molecule has 2 heterocycles. The van der Waals surface area contributed by atoms with E-state index in [-0.39, 0.29) is 5.91 Å². The summed E-state index contributed by atoms with van der Waals surface area (Å²) < 4.78 is 5.29. The summed E-state index contributed by atoms with van der Waals surface area (Å²) in [6.45, 7) is 3.80. The van der Waals surface area contributed by atoms with Crippen molar-refractivity contribution in [1.29, 1.82) is 0 Å². The first kappa shape index (κ1) is 15.9. The summed E-state index contributed by atoms with van der Waals surface area (Å²) in [6, 6.07) is 3.76. The highest BCUT2D eigenvalue weighted by atomic mass is 35.5. The van der Waals surface area contributed by atoms with Crippen molar-refractivity contribution in [2.45, 2.75) is 25.3 Å². The third kappa shape index (κ3) is 2.92. The molecule has 1 atom stereocenters. The van der Waals surface area contributed by atoms with Crippen molar-refractivity contribution < 1.29 is 9.53 Å².